The summed E-state index contributed by atoms with van der Waals surface area (Å²) < 4.78 is 10.3. The first kappa shape index (κ1) is 20.4. The summed E-state index contributed by atoms with van der Waals surface area (Å²) in [6, 6.07) is 7.29. The number of thiophene rings is 1. The van der Waals surface area contributed by atoms with Crippen LogP contribution in [0.5, 0.6) is 5.75 Å². The number of nitrogens with one attached hydrogen (secondary N) is 1. The van der Waals surface area contributed by atoms with E-state index in [1.165, 1.54) is 18.4 Å². The number of carbonyl (C=O) groups excluding carboxylic acids is 2. The molecule has 0 fully saturated rings. The molecule has 8 heteroatoms. The van der Waals surface area contributed by atoms with Crippen molar-refractivity contribution in [3.05, 3.63) is 34.7 Å². The highest BCUT2D eigenvalue weighted by Gasteiger charge is 2.25. The van der Waals surface area contributed by atoms with Crippen LogP contribution in [0, 0.1) is 6.92 Å². The fraction of sp³-hybridized carbons (Fsp3) is 0.316. The molecule has 0 aliphatic rings. The molecule has 0 aliphatic carbocycles. The minimum absolute atomic E-state index is 0.175. The van der Waals surface area contributed by atoms with E-state index in [0.29, 0.717) is 17.2 Å². The molecule has 2 N–H and O–H groups in total. The van der Waals surface area contributed by atoms with E-state index < -0.39 is 17.8 Å². The van der Waals surface area contributed by atoms with E-state index >= 15 is 0 Å². The predicted molar refractivity (Wildman–Crippen MR) is 103 cm³/mol. The van der Waals surface area contributed by atoms with Crippen molar-refractivity contribution >= 4 is 34.2 Å². The lowest BCUT2D eigenvalue weighted by molar-refractivity contribution is -0.138. The molecular formula is C19H21NO6S. The third-order valence-corrected chi connectivity index (χ3v) is 4.77. The Hall–Kier alpha value is -2.87. The number of esters is 1. The lowest BCUT2D eigenvalue weighted by Gasteiger charge is -2.09. The van der Waals surface area contributed by atoms with Gasteiger partial charge in [-0.15, -0.1) is 11.3 Å². The fourth-order valence-corrected chi connectivity index (χ4v) is 3.65. The molecule has 0 aliphatic heterocycles. The number of carboxylic acids is 1. The number of methoxy groups -OCH3 is 1. The molecule has 2 aromatic rings. The van der Waals surface area contributed by atoms with Gasteiger partial charge in [0, 0.05) is 16.9 Å². The van der Waals surface area contributed by atoms with E-state index in [1.807, 2.05) is 38.1 Å². The maximum absolute atomic E-state index is 12.4. The molecule has 0 radical (unpaired) electrons. The van der Waals surface area contributed by atoms with Crippen molar-refractivity contribution in [1.29, 1.82) is 0 Å². The van der Waals surface area contributed by atoms with Crippen LogP contribution in [0.15, 0.2) is 24.3 Å². The number of rotatable bonds is 8. The van der Waals surface area contributed by atoms with Crippen molar-refractivity contribution in [3.8, 4) is 16.9 Å². The van der Waals surface area contributed by atoms with Crippen LogP contribution in [0.2, 0.25) is 0 Å². The lowest BCUT2D eigenvalue weighted by Crippen LogP contribution is -2.15. The number of benzene rings is 1. The Morgan fingerprint density at radius 3 is 2.37 bits per heavy atom. The van der Waals surface area contributed by atoms with Gasteiger partial charge in [0.1, 0.15) is 16.3 Å². The molecule has 0 bridgehead atoms. The number of carboxylic acid groups (broad SMARTS) is 1. The van der Waals surface area contributed by atoms with Gasteiger partial charge in [-0.05, 0) is 31.5 Å². The minimum atomic E-state index is -1.06. The third-order valence-electron chi connectivity index (χ3n) is 3.75. The average molecular weight is 391 g/mol. The molecule has 0 unspecified atom stereocenters. The van der Waals surface area contributed by atoms with Gasteiger partial charge in [-0.3, -0.25) is 9.59 Å². The van der Waals surface area contributed by atoms with Gasteiger partial charge in [-0.2, -0.15) is 0 Å². The highest BCUT2D eigenvalue weighted by Crippen LogP contribution is 2.40. The third kappa shape index (κ3) is 5.07. The normalized spacial score (nSPS) is 10.3. The van der Waals surface area contributed by atoms with E-state index in [0.717, 1.165) is 16.2 Å². The van der Waals surface area contributed by atoms with Crippen molar-refractivity contribution < 1.29 is 29.0 Å². The van der Waals surface area contributed by atoms with Crippen LogP contribution in [0.3, 0.4) is 0 Å². The Labute approximate surface area is 160 Å². The van der Waals surface area contributed by atoms with Crippen LogP contribution in [-0.4, -0.2) is 36.7 Å². The number of hydrogen-bond acceptors (Lipinski definition) is 6. The smallest absolute Gasteiger partial charge is 0.341 e. The zero-order chi connectivity index (χ0) is 20.0. The van der Waals surface area contributed by atoms with Crippen molar-refractivity contribution in [2.45, 2.75) is 26.7 Å². The number of aliphatic carboxylic acids is 1. The average Bonchev–Trinajstić information content (AvgIpc) is 2.96. The first-order valence-corrected chi connectivity index (χ1v) is 9.15. The maximum Gasteiger partial charge on any atom is 0.341 e. The Balaban J connectivity index is 2.39. The molecule has 7 nitrogen and oxygen atoms in total. The Kier molecular flexibility index (Phi) is 6.95. The minimum Gasteiger partial charge on any atom is -0.494 e. The summed E-state index contributed by atoms with van der Waals surface area (Å²) in [5.74, 6) is -1.38. The Morgan fingerprint density at radius 1 is 1.15 bits per heavy atom. The highest BCUT2D eigenvalue weighted by molar-refractivity contribution is 7.17. The summed E-state index contributed by atoms with van der Waals surface area (Å²) in [4.78, 5) is 35.9. The first-order valence-electron chi connectivity index (χ1n) is 8.33. The molecule has 144 valence electrons. The Bertz CT molecular complexity index is 841. The molecule has 0 saturated heterocycles. The fourth-order valence-electron chi connectivity index (χ4n) is 2.57. The van der Waals surface area contributed by atoms with Crippen LogP contribution >= 0.6 is 11.3 Å². The van der Waals surface area contributed by atoms with E-state index in [2.05, 4.69) is 5.32 Å². The number of carbonyl (C=O) groups is 3. The van der Waals surface area contributed by atoms with Gasteiger partial charge < -0.3 is 19.9 Å². The Morgan fingerprint density at radius 2 is 1.81 bits per heavy atom. The zero-order valence-corrected chi connectivity index (χ0v) is 16.1. The number of anilines is 1. The molecule has 0 spiro atoms. The SMILES string of the molecule is CCOc1ccc(-c2c(C)sc(NC(=O)CCC(=O)O)c2C(=O)OC)cc1. The summed E-state index contributed by atoms with van der Waals surface area (Å²) >= 11 is 1.25. The number of ether oxygens (including phenoxy) is 2. The first-order chi connectivity index (χ1) is 12.9. The lowest BCUT2D eigenvalue weighted by atomic mass is 10.0. The van der Waals surface area contributed by atoms with E-state index in [1.54, 1.807) is 0 Å². The van der Waals surface area contributed by atoms with Crippen LogP contribution in [0.4, 0.5) is 5.00 Å². The van der Waals surface area contributed by atoms with Crippen LogP contribution < -0.4 is 10.1 Å². The zero-order valence-electron chi connectivity index (χ0n) is 15.3. The summed E-state index contributed by atoms with van der Waals surface area (Å²) in [6.07, 6.45) is -0.458. The van der Waals surface area contributed by atoms with Gasteiger partial charge in [0.05, 0.1) is 20.1 Å². The summed E-state index contributed by atoms with van der Waals surface area (Å²) in [5, 5.41) is 11.7. The molecule has 0 atom stereocenters. The summed E-state index contributed by atoms with van der Waals surface area (Å²) in [5.41, 5.74) is 1.72. The van der Waals surface area contributed by atoms with Crippen molar-refractivity contribution in [2.24, 2.45) is 0 Å². The van der Waals surface area contributed by atoms with Crippen molar-refractivity contribution in [1.82, 2.24) is 0 Å². The number of aryl methyl sites for hydroxylation is 1. The molecule has 1 aromatic heterocycles. The van der Waals surface area contributed by atoms with E-state index in [-0.39, 0.29) is 18.4 Å². The standard InChI is InChI=1S/C19H21NO6S/c1-4-26-13-7-5-12(6-8-13)16-11(2)27-18(17(16)19(24)25-3)20-14(21)9-10-15(22)23/h5-8H,4,9-10H2,1-3H3,(H,20,21)(H,22,23). The monoisotopic (exact) mass is 391 g/mol. The molecule has 27 heavy (non-hydrogen) atoms. The van der Waals surface area contributed by atoms with Crippen molar-refractivity contribution in [3.63, 3.8) is 0 Å². The summed E-state index contributed by atoms with van der Waals surface area (Å²) in [6.45, 7) is 4.29. The predicted octanol–water partition coefficient (Wildman–Crippen LogP) is 3.71. The summed E-state index contributed by atoms with van der Waals surface area (Å²) in [7, 11) is 1.27. The van der Waals surface area contributed by atoms with E-state index in [4.69, 9.17) is 14.6 Å². The molecule has 1 amide bonds. The van der Waals surface area contributed by atoms with Crippen LogP contribution in [-0.2, 0) is 14.3 Å². The van der Waals surface area contributed by atoms with Gasteiger partial charge in [-0.25, -0.2) is 4.79 Å². The quantitative estimate of drug-likeness (QED) is 0.665. The number of hydrogen-bond donors (Lipinski definition) is 2. The molecule has 1 heterocycles. The van der Waals surface area contributed by atoms with Gasteiger partial charge in [0.25, 0.3) is 0 Å². The highest BCUT2D eigenvalue weighted by atomic mass is 32.1. The number of amides is 1. The van der Waals surface area contributed by atoms with Crippen LogP contribution in [0.1, 0.15) is 35.0 Å². The van der Waals surface area contributed by atoms with Crippen LogP contribution in [0.25, 0.3) is 11.1 Å². The molecule has 2 rings (SSSR count). The second-order valence-electron chi connectivity index (χ2n) is 5.63. The van der Waals surface area contributed by atoms with Crippen molar-refractivity contribution in [2.75, 3.05) is 19.0 Å². The van der Waals surface area contributed by atoms with Gasteiger partial charge in [-0.1, -0.05) is 12.1 Å². The molecule has 1 aromatic carbocycles. The second kappa shape index (κ2) is 9.18. The maximum atomic E-state index is 12.4. The van der Waals surface area contributed by atoms with Gasteiger partial charge >= 0.3 is 11.9 Å². The van der Waals surface area contributed by atoms with E-state index in [9.17, 15) is 14.4 Å². The largest absolute Gasteiger partial charge is 0.494 e. The molecular weight excluding hydrogens is 370 g/mol. The van der Waals surface area contributed by atoms with Gasteiger partial charge in [0.2, 0.25) is 5.91 Å². The van der Waals surface area contributed by atoms with Gasteiger partial charge in [0.15, 0.2) is 0 Å². The molecule has 0 saturated carbocycles. The topological polar surface area (TPSA) is 102 Å². The second-order valence-corrected chi connectivity index (χ2v) is 6.85.